The van der Waals surface area contributed by atoms with Gasteiger partial charge in [-0.2, -0.15) is 0 Å². The number of hydrogen-bond acceptors (Lipinski definition) is 7. The van der Waals surface area contributed by atoms with E-state index in [4.69, 9.17) is 0 Å². The quantitative estimate of drug-likeness (QED) is 0.640. The van der Waals surface area contributed by atoms with Gasteiger partial charge in [0.05, 0.1) is 34.7 Å². The van der Waals surface area contributed by atoms with Gasteiger partial charge in [-0.25, -0.2) is 9.97 Å². The van der Waals surface area contributed by atoms with E-state index >= 15 is 0 Å². The Morgan fingerprint density at radius 3 is 2.83 bits per heavy atom. The lowest BCUT2D eigenvalue weighted by Crippen LogP contribution is -2.60. The summed E-state index contributed by atoms with van der Waals surface area (Å²) in [6, 6.07) is 3.10. The second kappa shape index (κ2) is 6.80. The maximum absolute atomic E-state index is 13.2. The van der Waals surface area contributed by atoms with E-state index in [9.17, 15) is 14.7 Å². The summed E-state index contributed by atoms with van der Waals surface area (Å²) in [6.07, 6.45) is 7.60. The van der Waals surface area contributed by atoms with Crippen molar-refractivity contribution < 1.29 is 14.7 Å². The number of nitrogens with one attached hydrogen (secondary N) is 1. The molecule has 2 amide bonds. The third-order valence-corrected chi connectivity index (χ3v) is 5.49. The lowest BCUT2D eigenvalue weighted by atomic mass is 10.1. The number of benzene rings is 1. The number of pyridine rings is 1. The molecule has 9 nitrogen and oxygen atoms in total. The largest absolute Gasteiger partial charge is 0.508 e. The molecule has 1 fully saturated rings. The van der Waals surface area contributed by atoms with Gasteiger partial charge in [-0.05, 0) is 12.1 Å². The minimum atomic E-state index is -0.128. The average Bonchev–Trinajstić information content (AvgIpc) is 3.04. The first kappa shape index (κ1) is 18.0. The van der Waals surface area contributed by atoms with Crippen LogP contribution in [0, 0.1) is 0 Å². The van der Waals surface area contributed by atoms with Crippen LogP contribution in [0.4, 0.5) is 11.4 Å². The van der Waals surface area contributed by atoms with Gasteiger partial charge in [-0.3, -0.25) is 14.6 Å². The molecule has 2 aliphatic heterocycles. The topological polar surface area (TPSA) is 112 Å². The first-order valence-corrected chi connectivity index (χ1v) is 9.44. The summed E-state index contributed by atoms with van der Waals surface area (Å²) in [5.74, 6) is -0.170. The Balaban J connectivity index is 1.44. The van der Waals surface area contributed by atoms with Gasteiger partial charge in [0.25, 0.3) is 5.91 Å². The van der Waals surface area contributed by atoms with Crippen LogP contribution in [0.15, 0.2) is 49.7 Å². The smallest absolute Gasteiger partial charge is 0.257 e. The van der Waals surface area contributed by atoms with Gasteiger partial charge in [0, 0.05) is 49.0 Å². The second-order valence-corrected chi connectivity index (χ2v) is 7.33. The van der Waals surface area contributed by atoms with Crippen molar-refractivity contribution in [3.8, 4) is 5.75 Å². The maximum Gasteiger partial charge on any atom is 0.257 e. The molecule has 0 radical (unpaired) electrons. The van der Waals surface area contributed by atoms with Crippen LogP contribution in [0.25, 0.3) is 10.9 Å². The Kier molecular flexibility index (Phi) is 4.09. The Morgan fingerprint density at radius 1 is 1.20 bits per heavy atom. The lowest BCUT2D eigenvalue weighted by Gasteiger charge is -2.43. The van der Waals surface area contributed by atoms with Crippen molar-refractivity contribution in [1.29, 1.82) is 0 Å². The highest BCUT2D eigenvalue weighted by molar-refractivity contribution is 6.05. The number of carbonyl (C=O) groups excluding carboxylic acids is 2. The summed E-state index contributed by atoms with van der Waals surface area (Å²) < 4.78 is 0. The van der Waals surface area contributed by atoms with E-state index in [0.717, 1.165) is 5.56 Å². The summed E-state index contributed by atoms with van der Waals surface area (Å²) in [4.78, 5) is 40.8. The first-order chi connectivity index (χ1) is 14.5. The summed E-state index contributed by atoms with van der Waals surface area (Å²) in [5.41, 5.74) is 3.09. The molecule has 0 aliphatic carbocycles. The molecule has 0 spiro atoms. The van der Waals surface area contributed by atoms with Gasteiger partial charge in [0.15, 0.2) is 0 Å². The zero-order valence-corrected chi connectivity index (χ0v) is 15.9. The number of fused-ring (bicyclic) bond motifs is 2. The molecular formula is C21H18N6O3. The number of anilines is 2. The van der Waals surface area contributed by atoms with Crippen molar-refractivity contribution in [1.82, 2.24) is 24.8 Å². The standard InChI is InChI=1S/C21H18N6O3/c1-2-18(29)26-9-14(10-26)27-8-13-6-22-7-17(19(13)21(27)30)25-16-4-15(28)3-12-5-23-11-24-20(12)16/h2-7,11,14,25,28H,1,8-10H2. The van der Waals surface area contributed by atoms with E-state index < -0.39 is 0 Å². The molecule has 4 heterocycles. The summed E-state index contributed by atoms with van der Waals surface area (Å²) in [6.45, 7) is 4.93. The number of phenols is 1. The normalized spacial score (nSPS) is 15.8. The highest BCUT2D eigenvalue weighted by Crippen LogP contribution is 2.35. The van der Waals surface area contributed by atoms with Gasteiger partial charge < -0.3 is 20.2 Å². The molecule has 150 valence electrons. The zero-order valence-electron chi connectivity index (χ0n) is 15.9. The molecule has 0 saturated carbocycles. The van der Waals surface area contributed by atoms with E-state index in [0.29, 0.717) is 47.5 Å². The predicted molar refractivity (Wildman–Crippen MR) is 109 cm³/mol. The zero-order chi connectivity index (χ0) is 20.8. The predicted octanol–water partition coefficient (Wildman–Crippen LogP) is 1.83. The van der Waals surface area contributed by atoms with Gasteiger partial charge in [0.2, 0.25) is 5.91 Å². The average molecular weight is 402 g/mol. The molecular weight excluding hydrogens is 384 g/mol. The molecule has 1 aromatic carbocycles. The molecule has 5 rings (SSSR count). The van der Waals surface area contributed by atoms with Crippen LogP contribution in [0.2, 0.25) is 0 Å². The van der Waals surface area contributed by atoms with E-state index in [2.05, 4.69) is 26.8 Å². The van der Waals surface area contributed by atoms with Gasteiger partial charge in [-0.1, -0.05) is 6.58 Å². The molecule has 2 aromatic heterocycles. The number of hydrogen-bond donors (Lipinski definition) is 2. The summed E-state index contributed by atoms with van der Waals surface area (Å²) >= 11 is 0. The molecule has 0 bridgehead atoms. The molecule has 2 aliphatic rings. The van der Waals surface area contributed by atoms with Crippen LogP contribution in [0.5, 0.6) is 5.75 Å². The van der Waals surface area contributed by atoms with Crippen molar-refractivity contribution in [2.24, 2.45) is 0 Å². The molecule has 3 aromatic rings. The number of aromatic hydroxyl groups is 1. The minimum absolute atomic E-state index is 0.0315. The van der Waals surface area contributed by atoms with Crippen LogP contribution < -0.4 is 5.32 Å². The number of phenolic OH excluding ortho intramolecular Hbond substituents is 1. The van der Waals surface area contributed by atoms with Crippen LogP contribution in [0.3, 0.4) is 0 Å². The van der Waals surface area contributed by atoms with E-state index in [1.165, 1.54) is 12.4 Å². The number of carbonyl (C=O) groups is 2. The van der Waals surface area contributed by atoms with E-state index in [1.54, 1.807) is 40.5 Å². The van der Waals surface area contributed by atoms with Gasteiger partial charge in [0.1, 0.15) is 12.1 Å². The number of nitrogens with zero attached hydrogens (tertiary/aromatic N) is 5. The SMILES string of the molecule is C=CC(=O)N1CC(N2Cc3cncc(Nc4cc(O)cc5cncnc45)c3C2=O)C1. The summed E-state index contributed by atoms with van der Waals surface area (Å²) in [7, 11) is 0. The Hall–Kier alpha value is -4.01. The van der Waals surface area contributed by atoms with Crippen molar-refractivity contribution in [2.75, 3.05) is 18.4 Å². The third kappa shape index (κ3) is 2.83. The van der Waals surface area contributed by atoms with Crippen LogP contribution in [0.1, 0.15) is 15.9 Å². The van der Waals surface area contributed by atoms with Crippen molar-refractivity contribution >= 4 is 34.1 Å². The molecule has 9 heteroatoms. The van der Waals surface area contributed by atoms with Gasteiger partial charge in [-0.15, -0.1) is 0 Å². The Bertz CT molecular complexity index is 1200. The fourth-order valence-corrected chi connectivity index (χ4v) is 3.96. The number of aromatic nitrogens is 3. The van der Waals surface area contributed by atoms with Crippen molar-refractivity contribution in [3.05, 3.63) is 60.8 Å². The monoisotopic (exact) mass is 402 g/mol. The molecule has 0 atom stereocenters. The number of amides is 2. The molecule has 30 heavy (non-hydrogen) atoms. The molecule has 0 unspecified atom stereocenters. The number of rotatable bonds is 4. The lowest BCUT2D eigenvalue weighted by molar-refractivity contribution is -0.132. The first-order valence-electron chi connectivity index (χ1n) is 9.44. The van der Waals surface area contributed by atoms with E-state index in [-0.39, 0.29) is 23.6 Å². The van der Waals surface area contributed by atoms with Gasteiger partial charge >= 0.3 is 0 Å². The second-order valence-electron chi connectivity index (χ2n) is 7.33. The maximum atomic E-state index is 13.2. The Morgan fingerprint density at radius 2 is 2.03 bits per heavy atom. The van der Waals surface area contributed by atoms with E-state index in [1.807, 2.05) is 0 Å². The van der Waals surface area contributed by atoms with Crippen LogP contribution in [-0.2, 0) is 11.3 Å². The fourth-order valence-electron chi connectivity index (χ4n) is 3.96. The van der Waals surface area contributed by atoms with Crippen LogP contribution in [-0.4, -0.2) is 60.8 Å². The molecule has 2 N–H and O–H groups in total. The highest BCUT2D eigenvalue weighted by atomic mass is 16.3. The Labute approximate surface area is 171 Å². The minimum Gasteiger partial charge on any atom is -0.508 e. The third-order valence-electron chi connectivity index (χ3n) is 5.49. The van der Waals surface area contributed by atoms with Crippen LogP contribution >= 0.6 is 0 Å². The van der Waals surface area contributed by atoms with Crippen molar-refractivity contribution in [2.45, 2.75) is 12.6 Å². The summed E-state index contributed by atoms with van der Waals surface area (Å²) in [5, 5.41) is 13.9. The fraction of sp³-hybridized carbons (Fsp3) is 0.190. The molecule has 1 saturated heterocycles. The number of likely N-dealkylation sites (tertiary alicyclic amines) is 1. The highest BCUT2D eigenvalue weighted by Gasteiger charge is 2.41. The van der Waals surface area contributed by atoms with Crippen molar-refractivity contribution in [3.63, 3.8) is 0 Å².